The number of allylic oxidation sites excluding steroid dienone is 2. The van der Waals surface area contributed by atoms with Crippen LogP contribution in [-0.2, 0) is 9.53 Å². The smallest absolute Gasteiger partial charge is 0.334 e. The van der Waals surface area contributed by atoms with Gasteiger partial charge in [0.15, 0.2) is 0 Å². The van der Waals surface area contributed by atoms with E-state index in [0.29, 0.717) is 11.5 Å². The minimum atomic E-state index is -0.230. The summed E-state index contributed by atoms with van der Waals surface area (Å²) >= 11 is 0. The number of carbonyl (C=O) groups is 1. The second-order valence-corrected chi connectivity index (χ2v) is 5.07. The van der Waals surface area contributed by atoms with E-state index < -0.39 is 0 Å². The quantitative estimate of drug-likeness (QED) is 0.405. The molecule has 0 aromatic heterocycles. The predicted octanol–water partition coefficient (Wildman–Crippen LogP) is 2.87. The van der Waals surface area contributed by atoms with Crippen LogP contribution in [0, 0.1) is 17.3 Å². The minimum Gasteiger partial charge on any atom is -0.458 e. The predicted molar refractivity (Wildman–Crippen MR) is 63.7 cm³/mol. The highest BCUT2D eigenvalue weighted by molar-refractivity contribution is 5.90. The lowest BCUT2D eigenvalue weighted by molar-refractivity contribution is -0.141. The molecule has 2 nitrogen and oxygen atoms in total. The third kappa shape index (κ3) is 1.44. The maximum Gasteiger partial charge on any atom is 0.334 e. The zero-order valence-electron chi connectivity index (χ0n) is 9.74. The Bertz CT molecular complexity index is 369. The van der Waals surface area contributed by atoms with Crippen molar-refractivity contribution in [2.24, 2.45) is 17.3 Å². The molecule has 1 aliphatic heterocycles. The van der Waals surface area contributed by atoms with Crippen LogP contribution < -0.4 is 0 Å². The van der Waals surface area contributed by atoms with Gasteiger partial charge in [-0.2, -0.15) is 0 Å². The molecule has 0 N–H and O–H groups in total. The zero-order chi connectivity index (χ0) is 11.9. The number of rotatable bonds is 2. The Morgan fingerprint density at radius 3 is 2.75 bits per heavy atom. The first-order chi connectivity index (χ1) is 7.51. The van der Waals surface area contributed by atoms with E-state index in [1.165, 1.54) is 0 Å². The Labute approximate surface area is 96.7 Å². The molecule has 2 fully saturated rings. The van der Waals surface area contributed by atoms with Crippen molar-refractivity contribution in [1.82, 2.24) is 0 Å². The molecule has 2 heteroatoms. The molecule has 16 heavy (non-hydrogen) atoms. The van der Waals surface area contributed by atoms with Gasteiger partial charge >= 0.3 is 5.97 Å². The standard InChI is InChI=1S/C14H18O2/c1-5-10-7-11-9(3)13(15)16-12(11)8-14(10,4)6-2/h5-6,10-12H,1-3,7-8H2,4H3. The molecular weight excluding hydrogens is 200 g/mol. The molecule has 0 aromatic rings. The summed E-state index contributed by atoms with van der Waals surface area (Å²) in [5.74, 6) is 0.284. The first-order valence-electron chi connectivity index (χ1n) is 5.67. The van der Waals surface area contributed by atoms with Crippen LogP contribution in [0.25, 0.3) is 0 Å². The second kappa shape index (κ2) is 3.62. The number of carbonyl (C=O) groups excluding carboxylic acids is 1. The fourth-order valence-electron chi connectivity index (χ4n) is 2.88. The lowest BCUT2D eigenvalue weighted by Gasteiger charge is -2.42. The van der Waals surface area contributed by atoms with Crippen molar-refractivity contribution in [1.29, 1.82) is 0 Å². The molecular formula is C14H18O2. The largest absolute Gasteiger partial charge is 0.458 e. The van der Waals surface area contributed by atoms with Gasteiger partial charge in [-0.1, -0.05) is 25.7 Å². The molecule has 2 aliphatic rings. The van der Waals surface area contributed by atoms with Crippen LogP contribution in [0.15, 0.2) is 37.5 Å². The van der Waals surface area contributed by atoms with E-state index in [4.69, 9.17) is 4.74 Å². The van der Waals surface area contributed by atoms with Crippen LogP contribution in [-0.4, -0.2) is 12.1 Å². The van der Waals surface area contributed by atoms with E-state index in [1.54, 1.807) is 0 Å². The molecule has 1 saturated carbocycles. The summed E-state index contributed by atoms with van der Waals surface area (Å²) in [6, 6.07) is 0. The van der Waals surface area contributed by atoms with E-state index in [9.17, 15) is 4.79 Å². The van der Waals surface area contributed by atoms with Gasteiger partial charge in [-0.3, -0.25) is 0 Å². The van der Waals surface area contributed by atoms with Crippen LogP contribution in [0.5, 0.6) is 0 Å². The highest BCUT2D eigenvalue weighted by Gasteiger charge is 2.49. The molecule has 0 bridgehead atoms. The Kier molecular flexibility index (Phi) is 2.53. The molecule has 86 valence electrons. The fourth-order valence-corrected chi connectivity index (χ4v) is 2.88. The molecule has 0 aromatic carbocycles. The maximum atomic E-state index is 11.5. The first-order valence-corrected chi connectivity index (χ1v) is 5.67. The Morgan fingerprint density at radius 2 is 2.19 bits per heavy atom. The zero-order valence-corrected chi connectivity index (χ0v) is 9.74. The summed E-state index contributed by atoms with van der Waals surface area (Å²) in [5.41, 5.74) is 0.608. The summed E-state index contributed by atoms with van der Waals surface area (Å²) in [6.07, 6.45) is 5.63. The van der Waals surface area contributed by atoms with Crippen molar-refractivity contribution in [2.75, 3.05) is 0 Å². The highest BCUT2D eigenvalue weighted by Crippen LogP contribution is 2.50. The molecule has 0 amide bonds. The average Bonchev–Trinajstić information content (AvgIpc) is 2.53. The van der Waals surface area contributed by atoms with Gasteiger partial charge in [0.25, 0.3) is 0 Å². The van der Waals surface area contributed by atoms with Crippen LogP contribution in [0.4, 0.5) is 0 Å². The van der Waals surface area contributed by atoms with Gasteiger partial charge in [-0.25, -0.2) is 4.79 Å². The maximum absolute atomic E-state index is 11.5. The molecule has 0 radical (unpaired) electrons. The van der Waals surface area contributed by atoms with Gasteiger partial charge in [-0.05, 0) is 24.2 Å². The summed E-state index contributed by atoms with van der Waals surface area (Å²) in [5, 5.41) is 0. The third-order valence-electron chi connectivity index (χ3n) is 4.16. The van der Waals surface area contributed by atoms with Gasteiger partial charge in [-0.15, -0.1) is 13.2 Å². The van der Waals surface area contributed by atoms with Gasteiger partial charge in [0.05, 0.1) is 0 Å². The third-order valence-corrected chi connectivity index (χ3v) is 4.16. The van der Waals surface area contributed by atoms with Crippen LogP contribution in [0.2, 0.25) is 0 Å². The fraction of sp³-hybridized carbons (Fsp3) is 0.500. The van der Waals surface area contributed by atoms with Gasteiger partial charge in [0.1, 0.15) is 6.10 Å². The SMILES string of the molecule is C=CC1CC2C(=C)C(=O)OC2CC1(C)C=C. The topological polar surface area (TPSA) is 26.3 Å². The summed E-state index contributed by atoms with van der Waals surface area (Å²) in [4.78, 5) is 11.5. The van der Waals surface area contributed by atoms with Crippen molar-refractivity contribution < 1.29 is 9.53 Å². The van der Waals surface area contributed by atoms with Crippen molar-refractivity contribution in [3.8, 4) is 0 Å². The van der Waals surface area contributed by atoms with Gasteiger partial charge < -0.3 is 4.74 Å². The van der Waals surface area contributed by atoms with Crippen LogP contribution in [0.3, 0.4) is 0 Å². The molecule has 1 saturated heterocycles. The molecule has 4 unspecified atom stereocenters. The second-order valence-electron chi connectivity index (χ2n) is 5.07. The van der Waals surface area contributed by atoms with E-state index in [1.807, 2.05) is 12.2 Å². The lowest BCUT2D eigenvalue weighted by Crippen LogP contribution is -2.38. The monoisotopic (exact) mass is 218 g/mol. The molecule has 1 heterocycles. The van der Waals surface area contributed by atoms with Crippen molar-refractivity contribution in [3.63, 3.8) is 0 Å². The minimum absolute atomic E-state index is 0.0146. The average molecular weight is 218 g/mol. The Balaban J connectivity index is 2.29. The number of ether oxygens (including phenoxy) is 1. The van der Waals surface area contributed by atoms with E-state index in [0.717, 1.165) is 12.8 Å². The van der Waals surface area contributed by atoms with Crippen molar-refractivity contribution >= 4 is 5.97 Å². The van der Waals surface area contributed by atoms with Gasteiger partial charge in [0.2, 0.25) is 0 Å². The number of fused-ring (bicyclic) bond motifs is 1. The van der Waals surface area contributed by atoms with Crippen LogP contribution in [0.1, 0.15) is 19.8 Å². The van der Waals surface area contributed by atoms with E-state index in [-0.39, 0.29) is 23.4 Å². The highest BCUT2D eigenvalue weighted by atomic mass is 16.6. The first kappa shape index (κ1) is 11.2. The normalized spacial score (nSPS) is 42.4. The number of esters is 1. The molecule has 4 atom stereocenters. The molecule has 1 aliphatic carbocycles. The van der Waals surface area contributed by atoms with Crippen molar-refractivity contribution in [2.45, 2.75) is 25.9 Å². The Morgan fingerprint density at radius 1 is 1.50 bits per heavy atom. The van der Waals surface area contributed by atoms with Crippen LogP contribution >= 0.6 is 0 Å². The molecule has 2 rings (SSSR count). The summed E-state index contributed by atoms with van der Waals surface area (Å²) in [6.45, 7) is 13.8. The summed E-state index contributed by atoms with van der Waals surface area (Å²) in [7, 11) is 0. The molecule has 0 spiro atoms. The van der Waals surface area contributed by atoms with Gasteiger partial charge in [0, 0.05) is 11.5 Å². The van der Waals surface area contributed by atoms with E-state index >= 15 is 0 Å². The summed E-state index contributed by atoms with van der Waals surface area (Å²) < 4.78 is 5.35. The number of hydrogen-bond donors (Lipinski definition) is 0. The Hall–Kier alpha value is -1.31. The lowest BCUT2D eigenvalue weighted by atomic mass is 9.63. The van der Waals surface area contributed by atoms with E-state index in [2.05, 4.69) is 26.7 Å². The number of hydrogen-bond acceptors (Lipinski definition) is 2. The van der Waals surface area contributed by atoms with Crippen molar-refractivity contribution in [3.05, 3.63) is 37.5 Å².